The van der Waals surface area contributed by atoms with Crippen LogP contribution in [0.2, 0.25) is 0 Å². The van der Waals surface area contributed by atoms with Gasteiger partial charge in [-0.1, -0.05) is 12.1 Å². The van der Waals surface area contributed by atoms with Crippen LogP contribution >= 0.6 is 0 Å². The van der Waals surface area contributed by atoms with Gasteiger partial charge < -0.3 is 19.9 Å². The molecule has 1 fully saturated rings. The van der Waals surface area contributed by atoms with Gasteiger partial charge in [0.15, 0.2) is 0 Å². The number of benzene rings is 1. The van der Waals surface area contributed by atoms with E-state index in [0.717, 1.165) is 43.5 Å². The first-order chi connectivity index (χ1) is 11.1. The number of aromatic nitrogens is 2. The molecule has 1 aromatic carbocycles. The zero-order valence-corrected chi connectivity index (χ0v) is 12.8. The number of likely N-dealkylation sites (tertiary alicyclic amines) is 1. The number of fused-ring (bicyclic) bond motifs is 1. The van der Waals surface area contributed by atoms with Crippen molar-refractivity contribution in [1.82, 2.24) is 19.8 Å². The molecule has 1 aromatic heterocycles. The van der Waals surface area contributed by atoms with Crippen LogP contribution in [0.4, 0.5) is 4.79 Å². The fourth-order valence-corrected chi connectivity index (χ4v) is 3.06. The molecule has 23 heavy (non-hydrogen) atoms. The molecular weight excluding hydrogens is 296 g/mol. The molecule has 2 aromatic rings. The average Bonchev–Trinajstić information content (AvgIpc) is 2.55. The van der Waals surface area contributed by atoms with Crippen molar-refractivity contribution in [2.75, 3.05) is 19.6 Å². The lowest BCUT2D eigenvalue weighted by Crippen LogP contribution is -2.45. The summed E-state index contributed by atoms with van der Waals surface area (Å²) >= 11 is 0. The van der Waals surface area contributed by atoms with Crippen molar-refractivity contribution >= 4 is 17.1 Å². The first-order valence-corrected chi connectivity index (χ1v) is 7.80. The molecule has 7 nitrogen and oxygen atoms in total. The predicted molar refractivity (Wildman–Crippen MR) is 86.6 cm³/mol. The van der Waals surface area contributed by atoms with Crippen molar-refractivity contribution in [2.45, 2.75) is 25.4 Å². The van der Waals surface area contributed by atoms with Crippen molar-refractivity contribution in [3.05, 3.63) is 40.8 Å². The van der Waals surface area contributed by atoms with Crippen LogP contribution in [-0.2, 0) is 6.54 Å². The number of nitrogens with one attached hydrogen (secondary N) is 1. The Bertz CT molecular complexity index is 750. The van der Waals surface area contributed by atoms with Crippen LogP contribution in [0.5, 0.6) is 0 Å². The highest BCUT2D eigenvalue weighted by Gasteiger charge is 2.20. The zero-order valence-electron chi connectivity index (χ0n) is 12.8. The summed E-state index contributed by atoms with van der Waals surface area (Å²) in [6, 6.07) is 7.65. The van der Waals surface area contributed by atoms with Crippen molar-refractivity contribution in [1.29, 1.82) is 0 Å². The summed E-state index contributed by atoms with van der Waals surface area (Å²) in [5.74, 6) is 0. The lowest BCUT2D eigenvalue weighted by Gasteiger charge is -2.31. The van der Waals surface area contributed by atoms with Gasteiger partial charge in [-0.25, -0.2) is 9.78 Å². The fraction of sp³-hybridized carbons (Fsp3) is 0.438. The van der Waals surface area contributed by atoms with Gasteiger partial charge in [0.1, 0.15) is 0 Å². The van der Waals surface area contributed by atoms with E-state index in [2.05, 4.69) is 15.2 Å². The second kappa shape index (κ2) is 6.78. The van der Waals surface area contributed by atoms with Crippen LogP contribution in [-0.4, -0.2) is 51.3 Å². The van der Waals surface area contributed by atoms with Gasteiger partial charge in [0, 0.05) is 32.2 Å². The second-order valence-electron chi connectivity index (χ2n) is 5.80. The summed E-state index contributed by atoms with van der Waals surface area (Å²) in [5.41, 5.74) is 1.57. The molecule has 122 valence electrons. The Balaban J connectivity index is 1.63. The molecule has 0 radical (unpaired) electrons. The van der Waals surface area contributed by atoms with E-state index in [9.17, 15) is 9.59 Å². The molecule has 2 N–H and O–H groups in total. The van der Waals surface area contributed by atoms with Crippen molar-refractivity contribution in [2.24, 2.45) is 0 Å². The van der Waals surface area contributed by atoms with E-state index >= 15 is 0 Å². The van der Waals surface area contributed by atoms with Crippen LogP contribution in [0.15, 0.2) is 35.3 Å². The van der Waals surface area contributed by atoms with Gasteiger partial charge in [-0.3, -0.25) is 4.79 Å². The van der Waals surface area contributed by atoms with Crippen molar-refractivity contribution in [3.8, 4) is 0 Å². The quantitative estimate of drug-likeness (QED) is 0.883. The average molecular weight is 316 g/mol. The summed E-state index contributed by atoms with van der Waals surface area (Å²) in [6.07, 6.45) is 2.01. The molecular formula is C16H20N4O3. The number of amides is 1. The molecule has 0 atom stereocenters. The van der Waals surface area contributed by atoms with E-state index in [4.69, 9.17) is 5.11 Å². The SMILES string of the molecule is O=C(O)NC1CCN(CCn2c(=O)cnc3ccccc32)CC1. The lowest BCUT2D eigenvalue weighted by molar-refractivity contribution is 0.166. The maximum atomic E-state index is 12.1. The first-order valence-electron chi connectivity index (χ1n) is 7.80. The number of hydrogen-bond acceptors (Lipinski definition) is 4. The molecule has 1 amide bonds. The van der Waals surface area contributed by atoms with E-state index in [1.54, 1.807) is 4.57 Å². The number of hydrogen-bond donors (Lipinski definition) is 2. The van der Waals surface area contributed by atoms with Crippen LogP contribution < -0.4 is 10.9 Å². The molecule has 0 unspecified atom stereocenters. The summed E-state index contributed by atoms with van der Waals surface area (Å²) in [6.45, 7) is 3.05. The summed E-state index contributed by atoms with van der Waals surface area (Å²) in [4.78, 5) is 29.2. The fourth-order valence-electron chi connectivity index (χ4n) is 3.06. The molecule has 3 rings (SSSR count). The Labute approximate surface area is 133 Å². The van der Waals surface area contributed by atoms with Gasteiger partial charge in [-0.2, -0.15) is 0 Å². The van der Waals surface area contributed by atoms with Crippen LogP contribution in [0.1, 0.15) is 12.8 Å². The number of carboxylic acid groups (broad SMARTS) is 1. The molecule has 1 aliphatic heterocycles. The van der Waals surface area contributed by atoms with Gasteiger partial charge in [-0.15, -0.1) is 0 Å². The Hall–Kier alpha value is -2.41. The van der Waals surface area contributed by atoms with Crippen LogP contribution in [0.3, 0.4) is 0 Å². The van der Waals surface area contributed by atoms with E-state index < -0.39 is 6.09 Å². The molecule has 0 spiro atoms. The highest BCUT2D eigenvalue weighted by Crippen LogP contribution is 2.12. The summed E-state index contributed by atoms with van der Waals surface area (Å²) in [7, 11) is 0. The molecule has 1 saturated heterocycles. The highest BCUT2D eigenvalue weighted by molar-refractivity contribution is 5.74. The van der Waals surface area contributed by atoms with Crippen molar-refractivity contribution in [3.63, 3.8) is 0 Å². The summed E-state index contributed by atoms with van der Waals surface area (Å²) < 4.78 is 1.75. The molecule has 7 heteroatoms. The van der Waals surface area contributed by atoms with Gasteiger partial charge >= 0.3 is 6.09 Å². The molecule has 0 bridgehead atoms. The normalized spacial score (nSPS) is 16.5. The van der Waals surface area contributed by atoms with E-state index in [0.29, 0.717) is 6.54 Å². The predicted octanol–water partition coefficient (Wildman–Crippen LogP) is 1.13. The van der Waals surface area contributed by atoms with Gasteiger partial charge in [0.2, 0.25) is 0 Å². The smallest absolute Gasteiger partial charge is 0.404 e. The van der Waals surface area contributed by atoms with Gasteiger partial charge in [0.05, 0.1) is 17.2 Å². The number of para-hydroxylation sites is 2. The number of nitrogens with zero attached hydrogens (tertiary/aromatic N) is 3. The van der Waals surface area contributed by atoms with Gasteiger partial charge in [0.25, 0.3) is 5.56 Å². The molecule has 1 aliphatic rings. The first kappa shape index (κ1) is 15.5. The third-order valence-corrected chi connectivity index (χ3v) is 4.31. The Morgan fingerprint density at radius 2 is 2.00 bits per heavy atom. The van der Waals surface area contributed by atoms with E-state index in [-0.39, 0.29) is 11.6 Å². The minimum Gasteiger partial charge on any atom is -0.465 e. The van der Waals surface area contributed by atoms with Crippen molar-refractivity contribution < 1.29 is 9.90 Å². The molecule has 2 heterocycles. The zero-order chi connectivity index (χ0) is 16.2. The van der Waals surface area contributed by atoms with Crippen LogP contribution in [0, 0.1) is 0 Å². The standard InChI is InChI=1S/C16H20N4O3/c21-15-11-17-13-3-1-2-4-14(13)20(15)10-9-19-7-5-12(6-8-19)18-16(22)23/h1-4,11-12,18H,5-10H2,(H,22,23). The van der Waals surface area contributed by atoms with Gasteiger partial charge in [-0.05, 0) is 25.0 Å². The molecule has 0 saturated carbocycles. The third kappa shape index (κ3) is 3.68. The minimum atomic E-state index is -0.960. The Morgan fingerprint density at radius 3 is 2.74 bits per heavy atom. The number of carbonyl (C=O) groups is 1. The molecule has 0 aliphatic carbocycles. The summed E-state index contributed by atoms with van der Waals surface area (Å²) in [5, 5.41) is 11.3. The monoisotopic (exact) mass is 316 g/mol. The second-order valence-corrected chi connectivity index (χ2v) is 5.80. The Morgan fingerprint density at radius 1 is 1.26 bits per heavy atom. The largest absolute Gasteiger partial charge is 0.465 e. The highest BCUT2D eigenvalue weighted by atomic mass is 16.4. The number of rotatable bonds is 4. The van der Waals surface area contributed by atoms with Crippen LogP contribution in [0.25, 0.3) is 11.0 Å². The van der Waals surface area contributed by atoms with E-state index in [1.165, 1.54) is 6.20 Å². The Kier molecular flexibility index (Phi) is 4.57. The van der Waals surface area contributed by atoms with E-state index in [1.807, 2.05) is 24.3 Å². The minimum absolute atomic E-state index is 0.0354. The maximum Gasteiger partial charge on any atom is 0.404 e. The topological polar surface area (TPSA) is 87.5 Å². The third-order valence-electron chi connectivity index (χ3n) is 4.31. The number of piperidine rings is 1. The lowest BCUT2D eigenvalue weighted by atomic mass is 10.1. The maximum absolute atomic E-state index is 12.1.